The molecule has 120 valence electrons. The number of likely N-dealkylation sites (tertiary alicyclic amines) is 1. The van der Waals surface area contributed by atoms with Crippen LogP contribution in [-0.4, -0.2) is 40.9 Å². The first-order chi connectivity index (χ1) is 10.0. The number of nitro groups is 1. The molecule has 22 heavy (non-hydrogen) atoms. The van der Waals surface area contributed by atoms with Crippen molar-refractivity contribution in [2.24, 2.45) is 0 Å². The molecule has 2 heterocycles. The summed E-state index contributed by atoms with van der Waals surface area (Å²) in [7, 11) is 0. The van der Waals surface area contributed by atoms with Gasteiger partial charge in [0, 0.05) is 47.3 Å². The number of non-ortho nitro benzene ring substituents is 1. The van der Waals surface area contributed by atoms with Crippen LogP contribution in [0.5, 0.6) is 0 Å². The molecule has 2 saturated heterocycles. The third-order valence-electron chi connectivity index (χ3n) is 4.15. The van der Waals surface area contributed by atoms with E-state index in [1.165, 1.54) is 18.6 Å². The first kappa shape index (κ1) is 17.2. The van der Waals surface area contributed by atoms with E-state index in [2.05, 4.69) is 21.2 Å². The second kappa shape index (κ2) is 6.93. The smallest absolute Gasteiger partial charge is 0.271 e. The normalized spacial score (nSPS) is 23.6. The number of hydrogen-bond donors (Lipinski definition) is 1. The summed E-state index contributed by atoms with van der Waals surface area (Å²) in [6.45, 7) is 1.38. The average Bonchev–Trinajstić information content (AvgIpc) is 2.77. The van der Waals surface area contributed by atoms with Gasteiger partial charge in [-0.25, -0.2) is 0 Å². The fourth-order valence-electron chi connectivity index (χ4n) is 3.11. The number of fused-ring (bicyclic) bond motifs is 2. The minimum absolute atomic E-state index is 0. The second-order valence-corrected chi connectivity index (χ2v) is 6.55. The molecule has 0 radical (unpaired) electrons. The zero-order valence-electron chi connectivity index (χ0n) is 11.8. The molecule has 8 heteroatoms. The Hall–Kier alpha value is -1.18. The van der Waals surface area contributed by atoms with Crippen molar-refractivity contribution in [1.29, 1.82) is 0 Å². The van der Waals surface area contributed by atoms with E-state index in [0.29, 0.717) is 35.2 Å². The zero-order valence-corrected chi connectivity index (χ0v) is 14.2. The maximum atomic E-state index is 12.6. The summed E-state index contributed by atoms with van der Waals surface area (Å²) in [5.41, 5.74) is 0.302. The Kier molecular flexibility index (Phi) is 5.41. The van der Waals surface area contributed by atoms with Crippen LogP contribution >= 0.6 is 28.3 Å². The minimum atomic E-state index is -0.479. The monoisotopic (exact) mass is 389 g/mol. The van der Waals surface area contributed by atoms with E-state index < -0.39 is 4.92 Å². The standard InChI is InChI=1S/C14H16BrN3O3.ClH/c15-10-5-9(6-13(7-10)18(20)21)14(19)17-4-3-11-1-2-12(8-17)16-11;/h5-7,11-12,16H,1-4,8H2;1H. The van der Waals surface area contributed by atoms with E-state index in [1.54, 1.807) is 6.07 Å². The lowest BCUT2D eigenvalue weighted by Crippen LogP contribution is -2.39. The van der Waals surface area contributed by atoms with E-state index >= 15 is 0 Å². The molecular weight excluding hydrogens is 374 g/mol. The number of amides is 1. The van der Waals surface area contributed by atoms with E-state index in [1.807, 2.05) is 4.90 Å². The van der Waals surface area contributed by atoms with Gasteiger partial charge in [-0.15, -0.1) is 12.4 Å². The van der Waals surface area contributed by atoms with Crippen molar-refractivity contribution in [3.63, 3.8) is 0 Å². The third kappa shape index (κ3) is 3.59. The molecule has 0 aromatic heterocycles. The molecule has 6 nitrogen and oxygen atoms in total. The van der Waals surface area contributed by atoms with Crippen LogP contribution in [-0.2, 0) is 0 Å². The molecule has 0 saturated carbocycles. The predicted octanol–water partition coefficient (Wildman–Crippen LogP) is 2.75. The van der Waals surface area contributed by atoms with Gasteiger partial charge in [-0.2, -0.15) is 0 Å². The Labute approximate surface area is 142 Å². The highest BCUT2D eigenvalue weighted by Crippen LogP contribution is 2.25. The van der Waals surface area contributed by atoms with E-state index in [-0.39, 0.29) is 24.0 Å². The third-order valence-corrected chi connectivity index (χ3v) is 4.61. The fourth-order valence-corrected chi connectivity index (χ4v) is 3.59. The topological polar surface area (TPSA) is 75.5 Å². The Bertz CT molecular complexity index is 599. The van der Waals surface area contributed by atoms with Crippen LogP contribution in [0.15, 0.2) is 22.7 Å². The predicted molar refractivity (Wildman–Crippen MR) is 88.5 cm³/mol. The van der Waals surface area contributed by atoms with Crippen molar-refractivity contribution in [1.82, 2.24) is 10.2 Å². The lowest BCUT2D eigenvalue weighted by molar-refractivity contribution is -0.385. The zero-order chi connectivity index (χ0) is 15.0. The fraction of sp³-hybridized carbons (Fsp3) is 0.500. The Balaban J connectivity index is 0.00000176. The number of nitrogens with zero attached hydrogens (tertiary/aromatic N) is 2. The summed E-state index contributed by atoms with van der Waals surface area (Å²) in [6.07, 6.45) is 3.21. The molecule has 3 rings (SSSR count). The van der Waals surface area contributed by atoms with Crippen molar-refractivity contribution < 1.29 is 9.72 Å². The summed E-state index contributed by atoms with van der Waals surface area (Å²) >= 11 is 3.23. The van der Waals surface area contributed by atoms with Crippen molar-refractivity contribution in [2.45, 2.75) is 31.3 Å². The number of benzene rings is 1. The number of rotatable bonds is 2. The first-order valence-corrected chi connectivity index (χ1v) is 7.82. The van der Waals surface area contributed by atoms with Crippen LogP contribution < -0.4 is 5.32 Å². The largest absolute Gasteiger partial charge is 0.337 e. The Morgan fingerprint density at radius 1 is 1.27 bits per heavy atom. The van der Waals surface area contributed by atoms with Crippen LogP contribution in [0.4, 0.5) is 5.69 Å². The van der Waals surface area contributed by atoms with Gasteiger partial charge in [-0.3, -0.25) is 14.9 Å². The van der Waals surface area contributed by atoms with Gasteiger partial charge in [-0.1, -0.05) is 15.9 Å². The maximum absolute atomic E-state index is 12.6. The van der Waals surface area contributed by atoms with E-state index in [9.17, 15) is 14.9 Å². The molecule has 2 aliphatic rings. The molecule has 2 unspecified atom stereocenters. The molecule has 2 atom stereocenters. The van der Waals surface area contributed by atoms with E-state index in [0.717, 1.165) is 12.8 Å². The van der Waals surface area contributed by atoms with Crippen LogP contribution in [0, 0.1) is 10.1 Å². The minimum Gasteiger partial charge on any atom is -0.337 e. The van der Waals surface area contributed by atoms with Gasteiger partial charge >= 0.3 is 0 Å². The van der Waals surface area contributed by atoms with Gasteiger partial charge in [0.25, 0.3) is 11.6 Å². The summed E-state index contributed by atoms with van der Waals surface area (Å²) in [5.74, 6) is -0.131. The number of carbonyl (C=O) groups excluding carboxylic acids is 1. The lowest BCUT2D eigenvalue weighted by Gasteiger charge is -2.24. The highest BCUT2D eigenvalue weighted by molar-refractivity contribution is 9.10. The van der Waals surface area contributed by atoms with Gasteiger partial charge in [0.2, 0.25) is 0 Å². The summed E-state index contributed by atoms with van der Waals surface area (Å²) in [4.78, 5) is 24.9. The molecule has 1 N–H and O–H groups in total. The number of hydrogen-bond acceptors (Lipinski definition) is 4. The molecule has 0 aliphatic carbocycles. The molecule has 2 aliphatic heterocycles. The molecule has 1 aromatic carbocycles. The second-order valence-electron chi connectivity index (χ2n) is 5.63. The van der Waals surface area contributed by atoms with Crippen molar-refractivity contribution in [2.75, 3.05) is 13.1 Å². The van der Waals surface area contributed by atoms with Crippen LogP contribution in [0.1, 0.15) is 29.6 Å². The molecule has 1 amide bonds. The first-order valence-electron chi connectivity index (χ1n) is 7.03. The van der Waals surface area contributed by atoms with Crippen molar-refractivity contribution >= 4 is 39.9 Å². The number of halogens is 2. The van der Waals surface area contributed by atoms with Crippen LogP contribution in [0.25, 0.3) is 0 Å². The Morgan fingerprint density at radius 3 is 2.73 bits per heavy atom. The quantitative estimate of drug-likeness (QED) is 0.622. The SMILES string of the molecule is Cl.O=C(c1cc(Br)cc([N+](=O)[O-])c1)N1CCC2CCC(C1)N2. The van der Waals surface area contributed by atoms with Gasteiger partial charge in [-0.05, 0) is 25.3 Å². The van der Waals surface area contributed by atoms with E-state index in [4.69, 9.17) is 0 Å². The lowest BCUT2D eigenvalue weighted by atomic mass is 10.1. The van der Waals surface area contributed by atoms with Crippen LogP contribution in [0.2, 0.25) is 0 Å². The average molecular weight is 391 g/mol. The number of nitro benzene ring substituents is 1. The van der Waals surface area contributed by atoms with Crippen LogP contribution in [0.3, 0.4) is 0 Å². The maximum Gasteiger partial charge on any atom is 0.271 e. The number of nitrogens with one attached hydrogen (secondary N) is 1. The van der Waals surface area contributed by atoms with Gasteiger partial charge in [0.15, 0.2) is 0 Å². The highest BCUT2D eigenvalue weighted by atomic mass is 79.9. The number of carbonyl (C=O) groups is 1. The molecule has 2 bridgehead atoms. The van der Waals surface area contributed by atoms with Crippen molar-refractivity contribution in [3.05, 3.63) is 38.3 Å². The molecular formula is C14H17BrClN3O3. The van der Waals surface area contributed by atoms with Gasteiger partial charge < -0.3 is 10.2 Å². The van der Waals surface area contributed by atoms with Gasteiger partial charge in [0.05, 0.1) is 4.92 Å². The Morgan fingerprint density at radius 2 is 2.00 bits per heavy atom. The summed E-state index contributed by atoms with van der Waals surface area (Å²) in [6, 6.07) is 5.26. The summed E-state index contributed by atoms with van der Waals surface area (Å²) in [5, 5.41) is 14.4. The highest BCUT2D eigenvalue weighted by Gasteiger charge is 2.31. The van der Waals surface area contributed by atoms with Crippen molar-refractivity contribution in [3.8, 4) is 0 Å². The van der Waals surface area contributed by atoms with Gasteiger partial charge in [0.1, 0.15) is 0 Å². The molecule has 1 aromatic rings. The summed E-state index contributed by atoms with van der Waals surface area (Å²) < 4.78 is 0.550. The molecule has 0 spiro atoms. The molecule has 2 fully saturated rings.